The maximum atomic E-state index is 2.12. The minimum atomic E-state index is 1.33. The van der Waals surface area contributed by atoms with Gasteiger partial charge in [-0.05, 0) is 27.7 Å². The molecule has 0 aromatic rings. The lowest BCUT2D eigenvalue weighted by atomic mass is 10.1. The molecule has 0 heteroatoms. The summed E-state index contributed by atoms with van der Waals surface area (Å²) in [6, 6.07) is 0. The van der Waals surface area contributed by atoms with Crippen molar-refractivity contribution in [1.29, 1.82) is 0 Å². The third kappa shape index (κ3) is 7.35. The highest BCUT2D eigenvalue weighted by molar-refractivity contribution is 5.25. The predicted octanol–water partition coefficient (Wildman–Crippen LogP) is 4.59. The third-order valence-electron chi connectivity index (χ3n) is 1.88. The van der Waals surface area contributed by atoms with Crippen LogP contribution in [0.1, 0.15) is 27.7 Å². The largest absolute Gasteiger partial charge is 0.0877 e. The minimum Gasteiger partial charge on any atom is -0.0877 e. The first-order chi connectivity index (χ1) is 6.68. The Labute approximate surface area is 88.0 Å². The predicted molar refractivity (Wildman–Crippen MR) is 66.3 cm³/mol. The van der Waals surface area contributed by atoms with Gasteiger partial charge in [-0.25, -0.2) is 0 Å². The van der Waals surface area contributed by atoms with Crippen molar-refractivity contribution in [2.75, 3.05) is 0 Å². The number of hydrogen-bond donors (Lipinski definition) is 0. The lowest BCUT2D eigenvalue weighted by Crippen LogP contribution is -1.71. The van der Waals surface area contributed by atoms with Gasteiger partial charge in [-0.2, -0.15) is 0 Å². The van der Waals surface area contributed by atoms with Crippen molar-refractivity contribution >= 4 is 0 Å². The summed E-state index contributed by atoms with van der Waals surface area (Å²) in [5.41, 5.74) is 2.69. The summed E-state index contributed by atoms with van der Waals surface area (Å²) in [6.45, 7) is 8.37. The summed E-state index contributed by atoms with van der Waals surface area (Å²) in [4.78, 5) is 0. The van der Waals surface area contributed by atoms with Crippen LogP contribution < -0.4 is 0 Å². The third-order valence-corrected chi connectivity index (χ3v) is 1.88. The van der Waals surface area contributed by atoms with Gasteiger partial charge in [-0.1, -0.05) is 59.8 Å². The lowest BCUT2D eigenvalue weighted by Gasteiger charge is -1.92. The Morgan fingerprint density at radius 1 is 0.714 bits per heavy atom. The maximum absolute atomic E-state index is 2.12. The van der Waals surface area contributed by atoms with Gasteiger partial charge in [0.25, 0.3) is 0 Å². The van der Waals surface area contributed by atoms with Crippen LogP contribution in [0.25, 0.3) is 0 Å². The molecule has 0 heterocycles. The van der Waals surface area contributed by atoms with Gasteiger partial charge in [0.15, 0.2) is 0 Å². The molecule has 0 atom stereocenters. The van der Waals surface area contributed by atoms with E-state index >= 15 is 0 Å². The quantitative estimate of drug-likeness (QED) is 0.566. The smallest absolute Gasteiger partial charge is 0.0398 e. The molecule has 0 aliphatic rings. The fourth-order valence-corrected chi connectivity index (χ4v) is 0.734. The highest BCUT2D eigenvalue weighted by atomic mass is 13.9. The van der Waals surface area contributed by atoms with Crippen LogP contribution >= 0.6 is 0 Å². The van der Waals surface area contributed by atoms with Gasteiger partial charge in [0.05, 0.1) is 0 Å². The van der Waals surface area contributed by atoms with E-state index in [0.29, 0.717) is 0 Å². The van der Waals surface area contributed by atoms with Gasteiger partial charge >= 0.3 is 0 Å². The Morgan fingerprint density at radius 2 is 1.21 bits per heavy atom. The van der Waals surface area contributed by atoms with Crippen molar-refractivity contribution < 1.29 is 0 Å². The molecule has 0 bridgehead atoms. The molecule has 76 valence electrons. The van der Waals surface area contributed by atoms with Crippen molar-refractivity contribution in [3.63, 3.8) is 0 Å². The first-order valence-electron chi connectivity index (χ1n) is 4.95. The molecule has 0 N–H and O–H groups in total. The normalized spacial score (nSPS) is 12.6. The molecule has 0 saturated heterocycles. The molecule has 0 unspecified atom stereocenters. The second-order valence-electron chi connectivity index (χ2n) is 3.34. The molecule has 0 nitrogen and oxygen atoms in total. The summed E-state index contributed by atoms with van der Waals surface area (Å²) in [5.74, 6) is 0. The zero-order valence-corrected chi connectivity index (χ0v) is 9.62. The van der Waals surface area contributed by atoms with E-state index in [4.69, 9.17) is 0 Å². The van der Waals surface area contributed by atoms with Crippen molar-refractivity contribution in [2.45, 2.75) is 27.7 Å². The Kier molecular flexibility index (Phi) is 7.53. The number of hydrogen-bond acceptors (Lipinski definition) is 0. The fraction of sp³-hybridized carbons (Fsp3) is 0.286. The summed E-state index contributed by atoms with van der Waals surface area (Å²) in [5, 5.41) is 0. The van der Waals surface area contributed by atoms with Gasteiger partial charge in [-0.15, -0.1) is 0 Å². The minimum absolute atomic E-state index is 1.33. The molecular weight excluding hydrogens is 168 g/mol. The van der Waals surface area contributed by atoms with Crippen molar-refractivity contribution in [3.8, 4) is 0 Å². The van der Waals surface area contributed by atoms with Gasteiger partial charge < -0.3 is 0 Å². The van der Waals surface area contributed by atoms with Crippen molar-refractivity contribution in [1.82, 2.24) is 0 Å². The molecule has 0 aliphatic heterocycles. The van der Waals surface area contributed by atoms with Gasteiger partial charge in [0, 0.05) is 0 Å². The van der Waals surface area contributed by atoms with Crippen LogP contribution in [0.2, 0.25) is 0 Å². The van der Waals surface area contributed by atoms with E-state index in [1.165, 1.54) is 11.1 Å². The Morgan fingerprint density at radius 3 is 1.71 bits per heavy atom. The van der Waals surface area contributed by atoms with Gasteiger partial charge in [0.1, 0.15) is 0 Å². The average Bonchev–Trinajstić information content (AvgIpc) is 2.16. The monoisotopic (exact) mass is 188 g/mol. The second-order valence-corrected chi connectivity index (χ2v) is 3.34. The van der Waals surface area contributed by atoms with E-state index in [1.807, 2.05) is 43.4 Å². The molecule has 0 amide bonds. The summed E-state index contributed by atoms with van der Waals surface area (Å²) < 4.78 is 0. The lowest BCUT2D eigenvalue weighted by molar-refractivity contribution is 1.29. The Bertz CT molecular complexity index is 279. The van der Waals surface area contributed by atoms with Crippen LogP contribution in [-0.4, -0.2) is 0 Å². The number of allylic oxidation sites excluding steroid dienone is 10. The van der Waals surface area contributed by atoms with E-state index < -0.39 is 0 Å². The molecule has 0 saturated carbocycles. The molecule has 0 rings (SSSR count). The molecule has 0 aromatic carbocycles. The zero-order valence-electron chi connectivity index (χ0n) is 9.62. The summed E-state index contributed by atoms with van der Waals surface area (Å²) in [7, 11) is 0. The van der Waals surface area contributed by atoms with E-state index in [2.05, 4.69) is 32.9 Å². The highest BCUT2D eigenvalue weighted by Gasteiger charge is 1.81. The molecule has 0 spiro atoms. The number of rotatable bonds is 4. The highest BCUT2D eigenvalue weighted by Crippen LogP contribution is 2.02. The topological polar surface area (TPSA) is 0 Å². The van der Waals surface area contributed by atoms with E-state index in [1.54, 1.807) is 0 Å². The molecule has 0 fully saturated rings. The van der Waals surface area contributed by atoms with E-state index in [9.17, 15) is 0 Å². The van der Waals surface area contributed by atoms with Crippen LogP contribution in [-0.2, 0) is 0 Å². The van der Waals surface area contributed by atoms with E-state index in [-0.39, 0.29) is 0 Å². The van der Waals surface area contributed by atoms with Crippen LogP contribution in [0.15, 0.2) is 59.8 Å². The van der Waals surface area contributed by atoms with Gasteiger partial charge in [0.2, 0.25) is 0 Å². The first-order valence-corrected chi connectivity index (χ1v) is 4.95. The fourth-order valence-electron chi connectivity index (χ4n) is 0.734. The molecule has 0 radical (unpaired) electrons. The Hall–Kier alpha value is -1.30. The maximum Gasteiger partial charge on any atom is -0.0398 e. The van der Waals surface area contributed by atoms with Crippen LogP contribution in [0.5, 0.6) is 0 Å². The first kappa shape index (κ1) is 12.7. The van der Waals surface area contributed by atoms with Crippen LogP contribution in [0, 0.1) is 0 Å². The van der Waals surface area contributed by atoms with Crippen LogP contribution in [0.3, 0.4) is 0 Å². The molecule has 14 heavy (non-hydrogen) atoms. The van der Waals surface area contributed by atoms with Crippen molar-refractivity contribution in [2.24, 2.45) is 0 Å². The average molecular weight is 188 g/mol. The Balaban J connectivity index is 4.00. The van der Waals surface area contributed by atoms with E-state index in [0.717, 1.165) is 0 Å². The summed E-state index contributed by atoms with van der Waals surface area (Å²) >= 11 is 0. The van der Waals surface area contributed by atoms with Crippen LogP contribution in [0.4, 0.5) is 0 Å². The molecule has 0 aliphatic carbocycles. The SMILES string of the molecule is C/C=C/C=C/C=C/C=C/C(C)=C(C)C. The standard InChI is InChI=1S/C14H20/c1-5-6-7-8-9-10-11-12-14(4)13(2)3/h5-12H,1-4H3/b6-5+,8-7+,10-9+,12-11+. The van der Waals surface area contributed by atoms with Crippen molar-refractivity contribution in [3.05, 3.63) is 59.8 Å². The zero-order chi connectivity index (χ0) is 10.8. The van der Waals surface area contributed by atoms with Gasteiger partial charge in [-0.3, -0.25) is 0 Å². The molecule has 0 aromatic heterocycles. The second kappa shape index (κ2) is 8.31. The summed E-state index contributed by atoms with van der Waals surface area (Å²) in [6.07, 6.45) is 16.3. The molecular formula is C14H20.